The zero-order valence-corrected chi connectivity index (χ0v) is 19.1. The molecule has 0 unspecified atom stereocenters. The van der Waals surface area contributed by atoms with E-state index in [0.717, 1.165) is 12.8 Å². The zero-order valence-electron chi connectivity index (χ0n) is 19.1. The van der Waals surface area contributed by atoms with Crippen LogP contribution in [0.3, 0.4) is 0 Å². The highest BCUT2D eigenvalue weighted by atomic mass is 14.9. The number of nitrogens with zero attached hydrogens (tertiary/aromatic N) is 1. The van der Waals surface area contributed by atoms with Crippen LogP contribution in [0.15, 0.2) is 56.5 Å². The number of aryl methyl sites for hydroxylation is 3. The van der Waals surface area contributed by atoms with Crippen LogP contribution in [0.5, 0.6) is 0 Å². The zero-order chi connectivity index (χ0) is 20.7. The first kappa shape index (κ1) is 20.5. The summed E-state index contributed by atoms with van der Waals surface area (Å²) in [5, 5.41) is 2.39. The summed E-state index contributed by atoms with van der Waals surface area (Å²) in [6.07, 6.45) is 2.10. The second kappa shape index (κ2) is 7.67. The number of aliphatic imine (C=N–C) groups is 1. The molecule has 0 atom stereocenters. The lowest BCUT2D eigenvalue weighted by molar-refractivity contribution is -0.544. The minimum Gasteiger partial charge on any atom is -0.284 e. The summed E-state index contributed by atoms with van der Waals surface area (Å²) in [5.41, 5.74) is 17.4. The number of allylic oxidation sites excluding steroid dienone is 6. The van der Waals surface area contributed by atoms with Gasteiger partial charge in [0, 0.05) is 23.8 Å². The monoisotopic (exact) mass is 375 g/mol. The highest BCUT2D eigenvalue weighted by Crippen LogP contribution is 2.40. The summed E-state index contributed by atoms with van der Waals surface area (Å²) in [6, 6.07) is 4.61. The maximum absolute atomic E-state index is 5.11. The Morgan fingerprint density at radius 2 is 1.39 bits per heavy atom. The molecule has 2 nitrogen and oxygen atoms in total. The Bertz CT molecular complexity index is 984. The van der Waals surface area contributed by atoms with Crippen molar-refractivity contribution in [2.75, 3.05) is 0 Å². The minimum atomic E-state index is 1.03. The van der Waals surface area contributed by atoms with Gasteiger partial charge < -0.3 is 0 Å². The van der Waals surface area contributed by atoms with Crippen LogP contribution in [0.25, 0.3) is 5.57 Å². The van der Waals surface area contributed by atoms with Crippen LogP contribution >= 0.6 is 0 Å². The quantitative estimate of drug-likeness (QED) is 0.663. The van der Waals surface area contributed by atoms with Crippen LogP contribution in [0.2, 0.25) is 0 Å². The predicted octanol–water partition coefficient (Wildman–Crippen LogP) is 6.06. The third-order valence-electron chi connectivity index (χ3n) is 6.36. The molecule has 2 heteroatoms. The van der Waals surface area contributed by atoms with Gasteiger partial charge in [0.25, 0.3) is 0 Å². The van der Waals surface area contributed by atoms with E-state index in [1.807, 2.05) is 0 Å². The van der Waals surface area contributed by atoms with Crippen molar-refractivity contribution in [3.63, 3.8) is 0 Å². The van der Waals surface area contributed by atoms with Crippen LogP contribution in [-0.2, 0) is 0 Å². The topological polar surface area (TPSA) is 29.0 Å². The van der Waals surface area contributed by atoms with Gasteiger partial charge >= 0.3 is 0 Å². The van der Waals surface area contributed by atoms with Gasteiger partial charge in [-0.25, -0.2) is 0 Å². The highest BCUT2D eigenvalue weighted by Gasteiger charge is 2.32. The predicted molar refractivity (Wildman–Crippen MR) is 121 cm³/mol. The average molecular weight is 376 g/mol. The summed E-state index contributed by atoms with van der Waals surface area (Å²) in [7, 11) is 0. The summed E-state index contributed by atoms with van der Waals surface area (Å²) in [6.45, 7) is 20.1. The Hall–Kier alpha value is -2.19. The molecule has 0 aromatic heterocycles. The van der Waals surface area contributed by atoms with E-state index in [-0.39, 0.29) is 0 Å². The van der Waals surface area contributed by atoms with E-state index in [1.165, 1.54) is 72.9 Å². The number of nitrogens with two attached hydrogens (primary N) is 1. The molecule has 3 rings (SSSR count). The van der Waals surface area contributed by atoms with Crippen LogP contribution in [0, 0.1) is 20.8 Å². The lowest BCUT2D eigenvalue weighted by atomic mass is 9.87. The average Bonchev–Trinajstić information content (AvgIpc) is 3.05. The fourth-order valence-electron chi connectivity index (χ4n) is 5.13. The van der Waals surface area contributed by atoms with Crippen LogP contribution in [-0.4, -0.2) is 5.71 Å². The molecule has 148 valence electrons. The second-order valence-corrected chi connectivity index (χ2v) is 8.35. The molecule has 0 amide bonds. The minimum absolute atomic E-state index is 1.03. The molecule has 0 saturated carbocycles. The Labute approximate surface area is 170 Å². The van der Waals surface area contributed by atoms with Crippen molar-refractivity contribution in [2.24, 2.45) is 4.99 Å². The Morgan fingerprint density at radius 3 is 1.86 bits per heavy atom. The Kier molecular flexibility index (Phi) is 5.63. The fourth-order valence-corrected chi connectivity index (χ4v) is 5.13. The SMILES string of the molecule is CCC1=C(C)[NH2+]C(/C(=C2\N=C(C)C(CC)=C2C)c2c(C)cc(C)cc2C)=C1C. The third kappa shape index (κ3) is 3.24. The van der Waals surface area contributed by atoms with Gasteiger partial charge in [0.05, 0.1) is 11.3 Å². The standard InChI is InChI=1S/C26H34N2/c1-10-21-17(6)25(27-19(21)8)24(23-15(4)12-14(3)13-16(23)5)26-18(7)22(11-2)20(9)28-26/h12-13,27H,10-11H2,1-9H3/p+1/b26-24-. The maximum atomic E-state index is 5.11. The smallest absolute Gasteiger partial charge is 0.147 e. The molecule has 0 bridgehead atoms. The van der Waals surface area contributed by atoms with Gasteiger partial charge in [-0.2, -0.15) is 0 Å². The van der Waals surface area contributed by atoms with E-state index in [9.17, 15) is 0 Å². The van der Waals surface area contributed by atoms with Gasteiger partial charge in [-0.15, -0.1) is 0 Å². The molecule has 0 saturated heterocycles. The largest absolute Gasteiger partial charge is 0.284 e. The van der Waals surface area contributed by atoms with Crippen molar-refractivity contribution in [1.29, 1.82) is 0 Å². The van der Waals surface area contributed by atoms with Gasteiger partial charge in [-0.3, -0.25) is 10.3 Å². The van der Waals surface area contributed by atoms with Crippen LogP contribution in [0.4, 0.5) is 0 Å². The van der Waals surface area contributed by atoms with Gasteiger partial charge in [0.1, 0.15) is 11.4 Å². The summed E-state index contributed by atoms with van der Waals surface area (Å²) >= 11 is 0. The fraction of sp³-hybridized carbons (Fsp3) is 0.423. The Morgan fingerprint density at radius 1 is 0.821 bits per heavy atom. The van der Waals surface area contributed by atoms with Gasteiger partial charge in [-0.1, -0.05) is 31.5 Å². The third-order valence-corrected chi connectivity index (χ3v) is 6.36. The number of rotatable bonds is 4. The molecule has 1 aromatic rings. The molecule has 0 fully saturated rings. The lowest BCUT2D eigenvalue weighted by Gasteiger charge is -2.18. The molecule has 2 aliphatic rings. The number of hydrogen-bond donors (Lipinski definition) is 1. The van der Waals surface area contributed by atoms with E-state index in [4.69, 9.17) is 4.99 Å². The van der Waals surface area contributed by atoms with E-state index in [2.05, 4.69) is 79.8 Å². The van der Waals surface area contributed by atoms with Gasteiger partial charge in [0.2, 0.25) is 0 Å². The second-order valence-electron chi connectivity index (χ2n) is 8.35. The van der Waals surface area contributed by atoms with E-state index < -0.39 is 0 Å². The molecule has 2 heterocycles. The molecule has 2 aliphatic heterocycles. The lowest BCUT2D eigenvalue weighted by Crippen LogP contribution is -2.78. The number of benzene rings is 1. The van der Waals surface area contributed by atoms with Crippen molar-refractivity contribution in [3.05, 3.63) is 73.8 Å². The van der Waals surface area contributed by atoms with Crippen molar-refractivity contribution in [1.82, 2.24) is 0 Å². The molecule has 0 radical (unpaired) electrons. The molecule has 2 N–H and O–H groups in total. The molecular formula is C26H35N2+. The van der Waals surface area contributed by atoms with E-state index in [1.54, 1.807) is 0 Å². The van der Waals surface area contributed by atoms with Crippen LogP contribution in [0.1, 0.15) is 76.6 Å². The van der Waals surface area contributed by atoms with Gasteiger partial charge in [-0.05, 0) is 82.2 Å². The number of hydrogen-bond acceptors (Lipinski definition) is 1. The summed E-state index contributed by atoms with van der Waals surface area (Å²) in [4.78, 5) is 5.11. The number of quaternary nitrogens is 1. The van der Waals surface area contributed by atoms with Crippen molar-refractivity contribution in [3.8, 4) is 0 Å². The molecule has 0 aliphatic carbocycles. The van der Waals surface area contributed by atoms with Crippen molar-refractivity contribution >= 4 is 11.3 Å². The van der Waals surface area contributed by atoms with Gasteiger partial charge in [0.15, 0.2) is 0 Å². The van der Waals surface area contributed by atoms with Crippen molar-refractivity contribution < 1.29 is 5.32 Å². The van der Waals surface area contributed by atoms with E-state index in [0.29, 0.717) is 0 Å². The Balaban J connectivity index is 2.39. The first-order valence-corrected chi connectivity index (χ1v) is 10.6. The normalized spacial score (nSPS) is 19.2. The molecule has 0 spiro atoms. The van der Waals surface area contributed by atoms with E-state index >= 15 is 0 Å². The summed E-state index contributed by atoms with van der Waals surface area (Å²) < 4.78 is 0. The highest BCUT2D eigenvalue weighted by molar-refractivity contribution is 6.05. The first-order valence-electron chi connectivity index (χ1n) is 10.6. The van der Waals surface area contributed by atoms with Crippen LogP contribution < -0.4 is 5.32 Å². The molecule has 28 heavy (non-hydrogen) atoms. The molecular weight excluding hydrogens is 340 g/mol. The maximum Gasteiger partial charge on any atom is 0.147 e. The molecule has 1 aromatic carbocycles. The first-order chi connectivity index (χ1) is 13.2. The van der Waals surface area contributed by atoms with Crippen molar-refractivity contribution in [2.45, 2.75) is 75.2 Å². The summed E-state index contributed by atoms with van der Waals surface area (Å²) in [5.74, 6) is 0.